The summed E-state index contributed by atoms with van der Waals surface area (Å²) in [7, 11) is -3.49. The van der Waals surface area contributed by atoms with Crippen molar-refractivity contribution >= 4 is 58.5 Å². The molecule has 0 unspecified atom stereocenters. The molecule has 1 fully saturated rings. The van der Waals surface area contributed by atoms with Crippen LogP contribution in [0.4, 0.5) is 5.13 Å². The van der Waals surface area contributed by atoms with Crippen molar-refractivity contribution < 1.29 is 13.2 Å². The second-order valence-electron chi connectivity index (χ2n) is 6.57. The van der Waals surface area contributed by atoms with E-state index >= 15 is 0 Å². The van der Waals surface area contributed by atoms with Crippen LogP contribution in [0.25, 0.3) is 10.2 Å². The molecule has 0 bridgehead atoms. The number of anilines is 1. The molecule has 4 rings (SSSR count). The third kappa shape index (κ3) is 3.98. The van der Waals surface area contributed by atoms with Crippen molar-refractivity contribution in [2.75, 3.05) is 18.4 Å². The number of halogens is 1. The molecule has 0 aliphatic carbocycles. The number of amides is 1. The molecule has 9 heteroatoms. The maximum atomic E-state index is 12.9. The highest BCUT2D eigenvalue weighted by Gasteiger charge is 2.26. The zero-order valence-electron chi connectivity index (χ0n) is 14.9. The van der Waals surface area contributed by atoms with Crippen LogP contribution in [0.1, 0.15) is 29.6 Å². The van der Waals surface area contributed by atoms with Crippen LogP contribution in [-0.4, -0.2) is 36.7 Å². The number of aromatic nitrogens is 1. The SMILES string of the molecule is O=C(Nc1nc2ccc(S(=O)(=O)N3CCCCC3)cc2s1)c1ccc(Br)cc1. The number of piperidine rings is 1. The lowest BCUT2D eigenvalue weighted by Gasteiger charge is -2.25. The first-order chi connectivity index (χ1) is 13.4. The third-order valence-electron chi connectivity index (χ3n) is 4.64. The molecule has 0 saturated carbocycles. The van der Waals surface area contributed by atoms with E-state index in [2.05, 4.69) is 26.2 Å². The minimum atomic E-state index is -3.49. The van der Waals surface area contributed by atoms with Crippen LogP contribution in [-0.2, 0) is 10.0 Å². The van der Waals surface area contributed by atoms with E-state index < -0.39 is 10.0 Å². The molecule has 1 aromatic heterocycles. The number of hydrogen-bond donors (Lipinski definition) is 1. The molecule has 1 amide bonds. The van der Waals surface area contributed by atoms with Gasteiger partial charge in [-0.1, -0.05) is 33.7 Å². The summed E-state index contributed by atoms with van der Waals surface area (Å²) in [4.78, 5) is 17.0. The van der Waals surface area contributed by atoms with Crippen LogP contribution >= 0.6 is 27.3 Å². The predicted molar refractivity (Wildman–Crippen MR) is 114 cm³/mol. The topological polar surface area (TPSA) is 79.4 Å². The second-order valence-corrected chi connectivity index (χ2v) is 10.5. The molecule has 0 radical (unpaired) electrons. The standard InChI is InChI=1S/C19H18BrN3O3S2/c20-14-6-4-13(5-7-14)18(24)22-19-21-16-9-8-15(12-17(16)27-19)28(25,26)23-10-2-1-3-11-23/h4-9,12H,1-3,10-11H2,(H,21,22,24). The molecule has 0 atom stereocenters. The van der Waals surface area contributed by atoms with Gasteiger partial charge >= 0.3 is 0 Å². The van der Waals surface area contributed by atoms with E-state index in [0.717, 1.165) is 28.4 Å². The zero-order valence-corrected chi connectivity index (χ0v) is 18.1. The van der Waals surface area contributed by atoms with Crippen molar-refractivity contribution in [3.05, 3.63) is 52.5 Å². The fourth-order valence-electron chi connectivity index (χ4n) is 3.14. The summed E-state index contributed by atoms with van der Waals surface area (Å²) in [5.74, 6) is -0.257. The Balaban J connectivity index is 1.58. The lowest BCUT2D eigenvalue weighted by Crippen LogP contribution is -2.35. The van der Waals surface area contributed by atoms with Gasteiger partial charge in [-0.15, -0.1) is 0 Å². The van der Waals surface area contributed by atoms with Gasteiger partial charge in [-0.3, -0.25) is 10.1 Å². The van der Waals surface area contributed by atoms with Crippen LogP contribution in [0.3, 0.4) is 0 Å². The van der Waals surface area contributed by atoms with Crippen molar-refractivity contribution in [2.24, 2.45) is 0 Å². The maximum absolute atomic E-state index is 12.9. The number of thiazole rings is 1. The number of sulfonamides is 1. The fraction of sp³-hybridized carbons (Fsp3) is 0.263. The van der Waals surface area contributed by atoms with E-state index in [0.29, 0.717) is 29.3 Å². The van der Waals surface area contributed by atoms with Gasteiger partial charge in [0.15, 0.2) is 5.13 Å². The Hall–Kier alpha value is -1.81. The number of nitrogens with zero attached hydrogens (tertiary/aromatic N) is 2. The molecule has 28 heavy (non-hydrogen) atoms. The first-order valence-electron chi connectivity index (χ1n) is 8.91. The van der Waals surface area contributed by atoms with Gasteiger partial charge in [-0.2, -0.15) is 4.31 Å². The Morgan fingerprint density at radius 2 is 1.79 bits per heavy atom. The zero-order chi connectivity index (χ0) is 19.7. The fourth-order valence-corrected chi connectivity index (χ4v) is 5.93. The molecule has 1 N–H and O–H groups in total. The van der Waals surface area contributed by atoms with Crippen molar-refractivity contribution in [1.29, 1.82) is 0 Å². The summed E-state index contributed by atoms with van der Waals surface area (Å²) < 4.78 is 28.9. The summed E-state index contributed by atoms with van der Waals surface area (Å²) in [5, 5.41) is 3.22. The number of fused-ring (bicyclic) bond motifs is 1. The summed E-state index contributed by atoms with van der Waals surface area (Å²) in [6.45, 7) is 1.13. The summed E-state index contributed by atoms with van der Waals surface area (Å²) in [6, 6.07) is 12.0. The maximum Gasteiger partial charge on any atom is 0.257 e. The molecule has 6 nitrogen and oxygen atoms in total. The molecular weight excluding hydrogens is 462 g/mol. The van der Waals surface area contributed by atoms with E-state index in [1.807, 2.05) is 0 Å². The Morgan fingerprint density at radius 3 is 2.50 bits per heavy atom. The molecule has 1 aliphatic rings. The number of nitrogens with one attached hydrogen (secondary N) is 1. The lowest BCUT2D eigenvalue weighted by molar-refractivity contribution is 0.102. The van der Waals surface area contributed by atoms with Crippen LogP contribution in [0.15, 0.2) is 51.8 Å². The Morgan fingerprint density at radius 1 is 1.07 bits per heavy atom. The molecule has 0 spiro atoms. The van der Waals surface area contributed by atoms with Crippen LogP contribution in [0.2, 0.25) is 0 Å². The van der Waals surface area contributed by atoms with Crippen LogP contribution < -0.4 is 5.32 Å². The second kappa shape index (κ2) is 7.90. The monoisotopic (exact) mass is 479 g/mol. The van der Waals surface area contributed by atoms with Crippen molar-refractivity contribution in [2.45, 2.75) is 24.2 Å². The highest BCUT2D eigenvalue weighted by molar-refractivity contribution is 9.10. The van der Waals surface area contributed by atoms with Gasteiger partial charge in [0.1, 0.15) is 0 Å². The van der Waals surface area contributed by atoms with E-state index in [1.165, 1.54) is 11.3 Å². The molecule has 146 valence electrons. The number of benzene rings is 2. The minimum Gasteiger partial charge on any atom is -0.298 e. The molecule has 2 aromatic carbocycles. The highest BCUT2D eigenvalue weighted by atomic mass is 79.9. The minimum absolute atomic E-state index is 0.257. The average molecular weight is 480 g/mol. The highest BCUT2D eigenvalue weighted by Crippen LogP contribution is 2.30. The van der Waals surface area contributed by atoms with Gasteiger partial charge in [0.2, 0.25) is 10.0 Å². The van der Waals surface area contributed by atoms with E-state index in [1.54, 1.807) is 46.8 Å². The molecule has 1 saturated heterocycles. The van der Waals surface area contributed by atoms with Crippen molar-refractivity contribution in [1.82, 2.24) is 9.29 Å². The first-order valence-corrected chi connectivity index (χ1v) is 12.0. The Kier molecular flexibility index (Phi) is 5.50. The van der Waals surface area contributed by atoms with Gasteiger partial charge in [0, 0.05) is 23.1 Å². The van der Waals surface area contributed by atoms with Crippen LogP contribution in [0.5, 0.6) is 0 Å². The van der Waals surface area contributed by atoms with E-state index in [9.17, 15) is 13.2 Å². The average Bonchev–Trinajstić information content (AvgIpc) is 3.10. The quantitative estimate of drug-likeness (QED) is 0.597. The number of hydrogen-bond acceptors (Lipinski definition) is 5. The van der Waals surface area contributed by atoms with Gasteiger partial charge in [0.25, 0.3) is 5.91 Å². The van der Waals surface area contributed by atoms with E-state index in [-0.39, 0.29) is 10.8 Å². The number of rotatable bonds is 4. The number of carbonyl (C=O) groups is 1. The summed E-state index contributed by atoms with van der Waals surface area (Å²) in [5.41, 5.74) is 1.18. The largest absolute Gasteiger partial charge is 0.298 e. The predicted octanol–water partition coefficient (Wildman–Crippen LogP) is 4.49. The molecule has 2 heterocycles. The summed E-state index contributed by atoms with van der Waals surface area (Å²) in [6.07, 6.45) is 2.86. The normalized spacial score (nSPS) is 15.6. The van der Waals surface area contributed by atoms with Gasteiger partial charge in [0.05, 0.1) is 15.1 Å². The molecule has 1 aliphatic heterocycles. The smallest absolute Gasteiger partial charge is 0.257 e. The molecular formula is C19H18BrN3O3S2. The van der Waals surface area contributed by atoms with Gasteiger partial charge in [-0.25, -0.2) is 13.4 Å². The Labute approximate surface area is 175 Å². The molecule has 3 aromatic rings. The third-order valence-corrected chi connectivity index (χ3v) is 8.00. The lowest BCUT2D eigenvalue weighted by atomic mass is 10.2. The van der Waals surface area contributed by atoms with Gasteiger partial charge < -0.3 is 0 Å². The number of carbonyl (C=O) groups excluding carboxylic acids is 1. The van der Waals surface area contributed by atoms with E-state index in [4.69, 9.17) is 0 Å². The Bertz CT molecular complexity index is 1120. The summed E-state index contributed by atoms with van der Waals surface area (Å²) >= 11 is 4.61. The van der Waals surface area contributed by atoms with Crippen molar-refractivity contribution in [3.63, 3.8) is 0 Å². The first kappa shape index (κ1) is 19.5. The van der Waals surface area contributed by atoms with Gasteiger partial charge in [-0.05, 0) is 55.3 Å². The van der Waals surface area contributed by atoms with Crippen molar-refractivity contribution in [3.8, 4) is 0 Å². The van der Waals surface area contributed by atoms with Crippen LogP contribution in [0, 0.1) is 0 Å².